The Kier molecular flexibility index (Phi) is 7.37. The highest BCUT2D eigenvalue weighted by Crippen LogP contribution is 2.25. The van der Waals surface area contributed by atoms with Crippen LogP contribution in [0.15, 0.2) is 42.5 Å². The number of benzene rings is 2. The normalized spacial score (nSPS) is 10.4. The second-order valence-corrected chi connectivity index (χ2v) is 5.98. The minimum absolute atomic E-state index is 0.147. The van der Waals surface area contributed by atoms with Crippen LogP contribution in [0.2, 0.25) is 5.02 Å². The molecule has 2 N–H and O–H groups in total. The van der Waals surface area contributed by atoms with Gasteiger partial charge in [-0.1, -0.05) is 23.7 Å². The van der Waals surface area contributed by atoms with E-state index in [1.807, 2.05) is 12.1 Å². The van der Waals surface area contributed by atoms with Gasteiger partial charge in [-0.2, -0.15) is 0 Å². The van der Waals surface area contributed by atoms with Crippen molar-refractivity contribution >= 4 is 28.9 Å². The maximum atomic E-state index is 12.2. The van der Waals surface area contributed by atoms with E-state index in [0.29, 0.717) is 36.8 Å². The van der Waals surface area contributed by atoms with E-state index in [4.69, 9.17) is 16.3 Å². The van der Waals surface area contributed by atoms with Gasteiger partial charge in [0.15, 0.2) is 0 Å². The molecular weight excluding hydrogens is 358 g/mol. The van der Waals surface area contributed by atoms with Crippen molar-refractivity contribution in [2.75, 3.05) is 32.1 Å². The van der Waals surface area contributed by atoms with Crippen molar-refractivity contribution in [2.24, 2.45) is 0 Å². The van der Waals surface area contributed by atoms with E-state index >= 15 is 0 Å². The van der Waals surface area contributed by atoms with Gasteiger partial charge in [-0.3, -0.25) is 14.9 Å². The molecule has 0 heterocycles. The number of anilines is 1. The van der Waals surface area contributed by atoms with Crippen LogP contribution in [0.5, 0.6) is 0 Å². The Morgan fingerprint density at radius 1 is 1.19 bits per heavy atom. The first-order valence-electron chi connectivity index (χ1n) is 8.05. The number of nitro groups is 1. The standard InChI is InChI=1S/C18H20ClN3O4/c1-26-11-10-20-16-7-4-14(12-17(16)22(24)25)18(23)21-9-8-13-2-5-15(19)6-3-13/h2-7,12,20H,8-11H2,1H3,(H,21,23). The zero-order valence-electron chi connectivity index (χ0n) is 14.3. The first-order valence-corrected chi connectivity index (χ1v) is 8.43. The highest BCUT2D eigenvalue weighted by Gasteiger charge is 2.17. The maximum absolute atomic E-state index is 12.2. The second-order valence-electron chi connectivity index (χ2n) is 5.54. The average molecular weight is 378 g/mol. The lowest BCUT2D eigenvalue weighted by Crippen LogP contribution is -2.25. The molecule has 138 valence electrons. The molecule has 2 aromatic carbocycles. The molecule has 0 atom stereocenters. The van der Waals surface area contributed by atoms with Crippen LogP contribution in [-0.4, -0.2) is 37.6 Å². The highest BCUT2D eigenvalue weighted by molar-refractivity contribution is 6.30. The van der Waals surface area contributed by atoms with E-state index in [0.717, 1.165) is 5.56 Å². The van der Waals surface area contributed by atoms with Gasteiger partial charge >= 0.3 is 0 Å². The van der Waals surface area contributed by atoms with E-state index < -0.39 is 4.92 Å². The number of amides is 1. The van der Waals surface area contributed by atoms with Crippen molar-refractivity contribution < 1.29 is 14.5 Å². The molecule has 0 bridgehead atoms. The summed E-state index contributed by atoms with van der Waals surface area (Å²) >= 11 is 5.83. The monoisotopic (exact) mass is 377 g/mol. The number of carbonyl (C=O) groups excluding carboxylic acids is 1. The van der Waals surface area contributed by atoms with Crippen LogP contribution in [0, 0.1) is 10.1 Å². The number of ether oxygens (including phenoxy) is 1. The van der Waals surface area contributed by atoms with Crippen LogP contribution in [0.1, 0.15) is 15.9 Å². The van der Waals surface area contributed by atoms with Gasteiger partial charge in [0.1, 0.15) is 5.69 Å². The van der Waals surface area contributed by atoms with Crippen molar-refractivity contribution in [3.05, 3.63) is 68.7 Å². The molecule has 0 aliphatic carbocycles. The molecule has 1 amide bonds. The number of methoxy groups -OCH3 is 1. The van der Waals surface area contributed by atoms with Crippen LogP contribution < -0.4 is 10.6 Å². The van der Waals surface area contributed by atoms with Crippen LogP contribution in [0.4, 0.5) is 11.4 Å². The van der Waals surface area contributed by atoms with Gasteiger partial charge in [0, 0.05) is 36.9 Å². The molecule has 2 rings (SSSR count). The third-order valence-electron chi connectivity index (χ3n) is 3.69. The smallest absolute Gasteiger partial charge is 0.293 e. The van der Waals surface area contributed by atoms with Gasteiger partial charge < -0.3 is 15.4 Å². The Hall–Kier alpha value is -2.64. The van der Waals surface area contributed by atoms with Gasteiger partial charge in [0.05, 0.1) is 11.5 Å². The molecule has 0 aliphatic rings. The Balaban J connectivity index is 1.98. The summed E-state index contributed by atoms with van der Waals surface area (Å²) in [7, 11) is 1.55. The van der Waals surface area contributed by atoms with Gasteiger partial charge in [-0.25, -0.2) is 0 Å². The molecule has 26 heavy (non-hydrogen) atoms. The van der Waals surface area contributed by atoms with Crippen LogP contribution >= 0.6 is 11.6 Å². The van der Waals surface area contributed by atoms with E-state index in [9.17, 15) is 14.9 Å². The summed E-state index contributed by atoms with van der Waals surface area (Å²) in [4.78, 5) is 23.0. The molecule has 0 aliphatic heterocycles. The Morgan fingerprint density at radius 3 is 2.58 bits per heavy atom. The summed E-state index contributed by atoms with van der Waals surface area (Å²) in [6.07, 6.45) is 0.641. The van der Waals surface area contributed by atoms with Crippen molar-refractivity contribution in [2.45, 2.75) is 6.42 Å². The summed E-state index contributed by atoms with van der Waals surface area (Å²) in [6, 6.07) is 11.7. The predicted octanol–water partition coefficient (Wildman–Crippen LogP) is 3.28. The van der Waals surface area contributed by atoms with Crippen molar-refractivity contribution in [3.8, 4) is 0 Å². The van der Waals surface area contributed by atoms with Gasteiger partial charge in [-0.05, 0) is 36.2 Å². The van der Waals surface area contributed by atoms with Crippen molar-refractivity contribution in [1.29, 1.82) is 0 Å². The number of hydrogen-bond acceptors (Lipinski definition) is 5. The van der Waals surface area contributed by atoms with Gasteiger partial charge in [0.25, 0.3) is 11.6 Å². The molecule has 2 aromatic rings. The van der Waals surface area contributed by atoms with Crippen LogP contribution in [0.3, 0.4) is 0 Å². The number of halogens is 1. The average Bonchev–Trinajstić information content (AvgIpc) is 2.63. The fourth-order valence-electron chi connectivity index (χ4n) is 2.33. The summed E-state index contributed by atoms with van der Waals surface area (Å²) in [5.41, 5.74) is 1.49. The predicted molar refractivity (Wildman–Crippen MR) is 101 cm³/mol. The van der Waals surface area contributed by atoms with Gasteiger partial charge in [0.2, 0.25) is 0 Å². The summed E-state index contributed by atoms with van der Waals surface area (Å²) < 4.78 is 4.91. The largest absolute Gasteiger partial charge is 0.383 e. The molecule has 0 fully saturated rings. The Morgan fingerprint density at radius 2 is 1.92 bits per heavy atom. The molecule has 0 aromatic heterocycles. The first-order chi connectivity index (χ1) is 12.5. The number of rotatable bonds is 9. The number of nitro benzene ring substituents is 1. The highest BCUT2D eigenvalue weighted by atomic mass is 35.5. The summed E-state index contributed by atoms with van der Waals surface area (Å²) in [5, 5.41) is 17.6. The Labute approximate surface area is 156 Å². The molecule has 0 unspecified atom stereocenters. The maximum Gasteiger partial charge on any atom is 0.293 e. The van der Waals surface area contributed by atoms with Crippen LogP contribution in [-0.2, 0) is 11.2 Å². The molecule has 7 nitrogen and oxygen atoms in total. The van der Waals surface area contributed by atoms with Gasteiger partial charge in [-0.15, -0.1) is 0 Å². The molecular formula is C18H20ClN3O4. The second kappa shape index (κ2) is 9.74. The van der Waals surface area contributed by atoms with E-state index in [1.54, 1.807) is 25.3 Å². The molecule has 0 spiro atoms. The fourth-order valence-corrected chi connectivity index (χ4v) is 2.46. The quantitative estimate of drug-likeness (QED) is 0.397. The lowest BCUT2D eigenvalue weighted by atomic mass is 10.1. The zero-order chi connectivity index (χ0) is 18.9. The fraction of sp³-hybridized carbons (Fsp3) is 0.278. The molecule has 0 radical (unpaired) electrons. The molecule has 0 saturated carbocycles. The minimum Gasteiger partial charge on any atom is -0.383 e. The zero-order valence-corrected chi connectivity index (χ0v) is 15.1. The van der Waals surface area contributed by atoms with Crippen LogP contribution in [0.25, 0.3) is 0 Å². The lowest BCUT2D eigenvalue weighted by molar-refractivity contribution is -0.384. The number of hydrogen-bond donors (Lipinski definition) is 2. The van der Waals surface area contributed by atoms with E-state index in [1.165, 1.54) is 12.1 Å². The summed E-state index contributed by atoms with van der Waals surface area (Å²) in [6.45, 7) is 1.27. The van der Waals surface area contributed by atoms with Crippen molar-refractivity contribution in [3.63, 3.8) is 0 Å². The van der Waals surface area contributed by atoms with E-state index in [-0.39, 0.29) is 17.2 Å². The third kappa shape index (κ3) is 5.72. The first kappa shape index (κ1) is 19.7. The topological polar surface area (TPSA) is 93.5 Å². The third-order valence-corrected chi connectivity index (χ3v) is 3.94. The summed E-state index contributed by atoms with van der Waals surface area (Å²) in [5.74, 6) is -0.356. The lowest BCUT2D eigenvalue weighted by Gasteiger charge is -2.09. The van der Waals surface area contributed by atoms with E-state index in [2.05, 4.69) is 10.6 Å². The van der Waals surface area contributed by atoms with Crippen molar-refractivity contribution in [1.82, 2.24) is 5.32 Å². The number of nitrogens with zero attached hydrogens (tertiary/aromatic N) is 1. The molecule has 8 heteroatoms. The molecule has 0 saturated heterocycles. The SMILES string of the molecule is COCCNc1ccc(C(=O)NCCc2ccc(Cl)cc2)cc1[N+](=O)[O-]. The Bertz CT molecular complexity index is 766. The number of nitrogens with one attached hydrogen (secondary N) is 2. The minimum atomic E-state index is -0.514. The number of carbonyl (C=O) groups is 1.